The second kappa shape index (κ2) is 22.8. The van der Waals surface area contributed by atoms with Gasteiger partial charge in [-0.25, -0.2) is 31.0 Å². The molecule has 0 radical (unpaired) electrons. The predicted molar refractivity (Wildman–Crippen MR) is 272 cm³/mol. The van der Waals surface area contributed by atoms with E-state index in [-0.39, 0.29) is 68.8 Å². The normalized spacial score (nSPS) is 14.6. The summed E-state index contributed by atoms with van der Waals surface area (Å²) in [7, 11) is -10.8. The minimum absolute atomic E-state index is 0.0283. The Kier molecular flexibility index (Phi) is 17.5. The molecular weight excluding hydrogens is 967 g/mol. The van der Waals surface area contributed by atoms with E-state index in [0.717, 1.165) is 5.56 Å². The minimum Gasteiger partial charge on any atom is -0.497 e. The summed E-state index contributed by atoms with van der Waals surface area (Å²) in [4.78, 5) is 27.2. The molecule has 22 heteroatoms. The molecule has 5 aromatic rings. The third-order valence-electron chi connectivity index (χ3n) is 12.4. The van der Waals surface area contributed by atoms with Crippen LogP contribution in [0.5, 0.6) is 5.75 Å². The molecule has 384 valence electrons. The van der Waals surface area contributed by atoms with E-state index in [2.05, 4.69) is 25.6 Å². The molecule has 0 bridgehead atoms. The number of carboxylic acids is 1. The molecule has 1 aliphatic rings. The number of aromatic nitrogens is 4. The molecule has 1 amide bonds. The van der Waals surface area contributed by atoms with Crippen LogP contribution in [0.25, 0.3) is 11.4 Å². The molecule has 2 heterocycles. The maximum absolute atomic E-state index is 16.2. The van der Waals surface area contributed by atoms with Crippen LogP contribution in [0.2, 0.25) is 18.1 Å². The van der Waals surface area contributed by atoms with Crippen LogP contribution >= 0.6 is 0 Å². The summed E-state index contributed by atoms with van der Waals surface area (Å²) in [6.45, 7) is 15.5. The number of rotatable bonds is 21. The van der Waals surface area contributed by atoms with Crippen LogP contribution in [0, 0.1) is 0 Å². The summed E-state index contributed by atoms with van der Waals surface area (Å²) in [5.41, 5.74) is 1.49. The summed E-state index contributed by atoms with van der Waals surface area (Å²) < 4.78 is 85.9. The van der Waals surface area contributed by atoms with Gasteiger partial charge in [0, 0.05) is 58.0 Å². The lowest BCUT2D eigenvalue weighted by Crippen LogP contribution is -2.51. The SMILES string of the molecule is COc1ccc(Cn2nnnc2-c2c(N3CCN(CC(=O)O)CC3)ccc(S(=O)(=O)NC[C@@H](CNC(=O)OC(C)(C)C)O[Si](C)(C)C(C)(C)C)c2S(=O)(=O)N(Cc2ccccc2)Cc2ccccc2)cc1. The topological polar surface area (TPSA) is 228 Å². The maximum atomic E-state index is 16.2. The second-order valence-electron chi connectivity index (χ2n) is 19.9. The van der Waals surface area contributed by atoms with Crippen LogP contribution < -0.4 is 19.7 Å². The Morgan fingerprint density at radius 3 is 1.93 bits per heavy atom. The van der Waals surface area contributed by atoms with Crippen LogP contribution in [-0.2, 0) is 53.6 Å². The van der Waals surface area contributed by atoms with Gasteiger partial charge < -0.3 is 29.2 Å². The van der Waals surface area contributed by atoms with Crippen molar-refractivity contribution in [3.8, 4) is 17.1 Å². The van der Waals surface area contributed by atoms with E-state index in [0.29, 0.717) is 35.7 Å². The standard InChI is InChI=1S/C49H67N9O10S2Si/c1-48(2,3)67-47(61)50-30-40(68-71(8,9)49(4,5)6)31-51-69(62,63)42-25-24-41(56-28-26-55(27-29-56)35-43(59)60)44(46-52-53-54-58(46)34-38-20-22-39(66-7)23-21-38)45(42)70(64,65)57(32-36-16-12-10-13-17-36)33-37-18-14-11-15-19-37/h10-25,40,51H,26-35H2,1-9H3,(H,50,61)(H,59,60)/t40-/m1/s1. The van der Waals surface area contributed by atoms with Gasteiger partial charge in [-0.05, 0) is 90.3 Å². The van der Waals surface area contributed by atoms with Gasteiger partial charge in [0.1, 0.15) is 21.1 Å². The van der Waals surface area contributed by atoms with Gasteiger partial charge in [-0.1, -0.05) is 93.6 Å². The largest absolute Gasteiger partial charge is 0.497 e. The van der Waals surface area contributed by atoms with E-state index in [1.807, 2.05) is 63.0 Å². The molecule has 6 rings (SSSR count). The number of hydrogen-bond donors (Lipinski definition) is 3. The van der Waals surface area contributed by atoms with Crippen molar-refractivity contribution in [3.63, 3.8) is 0 Å². The van der Waals surface area contributed by atoms with Gasteiger partial charge in [-0.2, -0.15) is 4.31 Å². The second-order valence-corrected chi connectivity index (χ2v) is 28.3. The smallest absolute Gasteiger partial charge is 0.407 e. The Morgan fingerprint density at radius 2 is 1.39 bits per heavy atom. The molecule has 3 N–H and O–H groups in total. The molecule has 71 heavy (non-hydrogen) atoms. The molecule has 4 aromatic carbocycles. The molecular formula is C49H67N9O10S2Si. The Balaban J connectivity index is 1.57. The van der Waals surface area contributed by atoms with E-state index >= 15 is 16.8 Å². The lowest BCUT2D eigenvalue weighted by molar-refractivity contribution is -0.138. The van der Waals surface area contributed by atoms with Gasteiger partial charge in [0.05, 0.1) is 31.9 Å². The van der Waals surface area contributed by atoms with Crippen molar-refractivity contribution in [1.82, 2.24) is 39.5 Å². The maximum Gasteiger partial charge on any atom is 0.407 e. The molecule has 1 saturated heterocycles. The fraction of sp³-hybridized carbons (Fsp3) is 0.449. The van der Waals surface area contributed by atoms with Crippen molar-refractivity contribution in [1.29, 1.82) is 0 Å². The van der Waals surface area contributed by atoms with Crippen molar-refractivity contribution in [2.24, 2.45) is 0 Å². The number of carbonyl (C=O) groups excluding carboxylic acids is 1. The highest BCUT2D eigenvalue weighted by molar-refractivity contribution is 7.92. The molecule has 1 atom stereocenters. The van der Waals surface area contributed by atoms with Crippen molar-refractivity contribution >= 4 is 46.1 Å². The third-order valence-corrected chi connectivity index (χ3v) is 20.4. The Hall–Kier alpha value is -5.75. The average Bonchev–Trinajstić information content (AvgIpc) is 3.76. The highest BCUT2D eigenvalue weighted by Crippen LogP contribution is 2.42. The molecule has 0 saturated carbocycles. The van der Waals surface area contributed by atoms with E-state index in [1.165, 1.54) is 15.1 Å². The quantitative estimate of drug-likeness (QED) is 0.0697. The van der Waals surface area contributed by atoms with Gasteiger partial charge in [0.15, 0.2) is 14.1 Å². The number of anilines is 1. The van der Waals surface area contributed by atoms with Gasteiger partial charge in [-0.15, -0.1) is 5.10 Å². The summed E-state index contributed by atoms with van der Waals surface area (Å²) in [6.07, 6.45) is -1.63. The van der Waals surface area contributed by atoms with Gasteiger partial charge in [-0.3, -0.25) is 9.69 Å². The fourth-order valence-electron chi connectivity index (χ4n) is 7.70. The number of aliphatic carboxylic acids is 1. The number of nitrogens with one attached hydrogen (secondary N) is 2. The van der Waals surface area contributed by atoms with Crippen molar-refractivity contribution in [2.75, 3.05) is 57.8 Å². The molecule has 19 nitrogen and oxygen atoms in total. The molecule has 0 spiro atoms. The predicted octanol–water partition coefficient (Wildman–Crippen LogP) is 6.19. The number of alkyl carbamates (subject to hydrolysis) is 1. The first-order chi connectivity index (χ1) is 33.4. The zero-order chi connectivity index (χ0) is 51.8. The minimum atomic E-state index is -4.90. The Labute approximate surface area is 418 Å². The molecule has 1 fully saturated rings. The number of tetrazole rings is 1. The molecule has 0 unspecified atom stereocenters. The van der Waals surface area contributed by atoms with Crippen molar-refractivity contribution in [3.05, 3.63) is 114 Å². The fourth-order valence-corrected chi connectivity index (χ4v) is 12.5. The number of piperazine rings is 1. The zero-order valence-electron chi connectivity index (χ0n) is 42.0. The van der Waals surface area contributed by atoms with E-state index in [1.54, 1.807) is 99.5 Å². The van der Waals surface area contributed by atoms with Gasteiger partial charge in [0.25, 0.3) is 0 Å². The van der Waals surface area contributed by atoms with Crippen molar-refractivity contribution in [2.45, 2.75) is 101 Å². The number of hydrogen-bond acceptors (Lipinski definition) is 14. The summed E-state index contributed by atoms with van der Waals surface area (Å²) >= 11 is 0. The summed E-state index contributed by atoms with van der Waals surface area (Å²) in [6, 6.07) is 28.0. The van der Waals surface area contributed by atoms with Crippen LogP contribution in [0.3, 0.4) is 0 Å². The van der Waals surface area contributed by atoms with E-state index < -0.39 is 61.9 Å². The number of nitrogens with zero attached hydrogens (tertiary/aromatic N) is 7. The number of amides is 1. The van der Waals surface area contributed by atoms with Crippen LogP contribution in [0.1, 0.15) is 58.2 Å². The Morgan fingerprint density at radius 1 is 0.803 bits per heavy atom. The third kappa shape index (κ3) is 14.5. The first-order valence-electron chi connectivity index (χ1n) is 23.3. The van der Waals surface area contributed by atoms with Crippen LogP contribution in [-0.4, -0.2) is 136 Å². The lowest BCUT2D eigenvalue weighted by atomic mass is 10.1. The van der Waals surface area contributed by atoms with Gasteiger partial charge in [0.2, 0.25) is 20.0 Å². The molecule has 1 aliphatic heterocycles. The zero-order valence-corrected chi connectivity index (χ0v) is 44.6. The van der Waals surface area contributed by atoms with Crippen LogP contribution in [0.15, 0.2) is 107 Å². The average molecular weight is 1030 g/mol. The number of sulfonamides is 2. The summed E-state index contributed by atoms with van der Waals surface area (Å²) in [5, 5.41) is 24.8. The first kappa shape index (κ1) is 54.6. The molecule has 1 aromatic heterocycles. The highest BCUT2D eigenvalue weighted by Gasteiger charge is 2.42. The van der Waals surface area contributed by atoms with Crippen LogP contribution in [0.4, 0.5) is 10.5 Å². The monoisotopic (exact) mass is 1030 g/mol. The Bertz CT molecular complexity index is 2770. The van der Waals surface area contributed by atoms with E-state index in [9.17, 15) is 14.7 Å². The number of methoxy groups -OCH3 is 1. The number of benzene rings is 4. The van der Waals surface area contributed by atoms with E-state index in [4.69, 9.17) is 13.9 Å². The highest BCUT2D eigenvalue weighted by atomic mass is 32.2. The first-order valence-corrected chi connectivity index (χ1v) is 29.2. The lowest BCUT2D eigenvalue weighted by Gasteiger charge is -2.39. The number of carbonyl (C=O) groups is 2. The molecule has 0 aliphatic carbocycles. The number of ether oxygens (including phenoxy) is 2. The number of carboxylic acid groups (broad SMARTS) is 1. The van der Waals surface area contributed by atoms with Crippen molar-refractivity contribution < 1.29 is 45.4 Å². The van der Waals surface area contributed by atoms with Gasteiger partial charge >= 0.3 is 12.1 Å². The summed E-state index contributed by atoms with van der Waals surface area (Å²) in [5.74, 6) is -0.399.